The van der Waals surface area contributed by atoms with E-state index in [2.05, 4.69) is 39.9 Å². The third-order valence-corrected chi connectivity index (χ3v) is 4.82. The molecule has 0 aromatic carbocycles. The minimum absolute atomic E-state index is 0.0189. The first-order valence-corrected chi connectivity index (χ1v) is 8.41. The van der Waals surface area contributed by atoms with E-state index in [1.807, 2.05) is 0 Å². The molecule has 118 valence electrons. The Labute approximate surface area is 124 Å². The van der Waals surface area contributed by atoms with Crippen LogP contribution < -0.4 is 5.32 Å². The standard InChI is InChI=1S/C17H33NO2/c1-6-10-18-15(14-9-7-8-11-19-14)13-12-16(2,3)20-17(13,4)5/h13-15,18H,6-12H2,1-5H3. The van der Waals surface area contributed by atoms with E-state index in [-0.39, 0.29) is 11.2 Å². The van der Waals surface area contributed by atoms with Crippen molar-refractivity contribution in [1.82, 2.24) is 5.32 Å². The second-order valence-corrected chi connectivity index (χ2v) is 7.66. The third kappa shape index (κ3) is 3.75. The maximum absolute atomic E-state index is 6.30. The lowest BCUT2D eigenvalue weighted by atomic mass is 9.78. The predicted octanol–water partition coefficient (Wildman–Crippen LogP) is 3.52. The van der Waals surface area contributed by atoms with Crippen LogP contribution in [0.15, 0.2) is 0 Å². The molecule has 2 saturated heterocycles. The summed E-state index contributed by atoms with van der Waals surface area (Å²) in [5.74, 6) is 0.521. The second-order valence-electron chi connectivity index (χ2n) is 7.66. The van der Waals surface area contributed by atoms with E-state index >= 15 is 0 Å². The fraction of sp³-hybridized carbons (Fsp3) is 1.00. The number of ether oxygens (including phenoxy) is 2. The zero-order chi connectivity index (χ0) is 14.8. The molecular weight excluding hydrogens is 250 g/mol. The molecule has 1 N–H and O–H groups in total. The average Bonchev–Trinajstić information content (AvgIpc) is 2.59. The molecule has 2 aliphatic rings. The van der Waals surface area contributed by atoms with Gasteiger partial charge in [-0.2, -0.15) is 0 Å². The Kier molecular flexibility index (Phi) is 5.14. The normalized spacial score (nSPS) is 34.0. The van der Waals surface area contributed by atoms with E-state index in [9.17, 15) is 0 Å². The quantitative estimate of drug-likeness (QED) is 0.837. The van der Waals surface area contributed by atoms with Crippen molar-refractivity contribution >= 4 is 0 Å². The van der Waals surface area contributed by atoms with Crippen LogP contribution in [0.3, 0.4) is 0 Å². The first-order valence-electron chi connectivity index (χ1n) is 8.41. The summed E-state index contributed by atoms with van der Waals surface area (Å²) in [6.45, 7) is 13.1. The Morgan fingerprint density at radius 2 is 1.95 bits per heavy atom. The first-order chi connectivity index (χ1) is 9.36. The van der Waals surface area contributed by atoms with Gasteiger partial charge in [0.05, 0.1) is 17.3 Å². The highest BCUT2D eigenvalue weighted by molar-refractivity contribution is 5.02. The highest BCUT2D eigenvalue weighted by atomic mass is 16.5. The van der Waals surface area contributed by atoms with Crippen molar-refractivity contribution < 1.29 is 9.47 Å². The summed E-state index contributed by atoms with van der Waals surface area (Å²) in [5, 5.41) is 3.77. The van der Waals surface area contributed by atoms with Gasteiger partial charge in [0.2, 0.25) is 0 Å². The van der Waals surface area contributed by atoms with Gasteiger partial charge in [-0.3, -0.25) is 0 Å². The third-order valence-electron chi connectivity index (χ3n) is 4.82. The van der Waals surface area contributed by atoms with Crippen molar-refractivity contribution in [3.8, 4) is 0 Å². The molecule has 0 spiro atoms. The Bertz CT molecular complexity index is 308. The van der Waals surface area contributed by atoms with Gasteiger partial charge in [0.15, 0.2) is 0 Å². The van der Waals surface area contributed by atoms with E-state index in [4.69, 9.17) is 9.47 Å². The molecule has 2 heterocycles. The van der Waals surface area contributed by atoms with Gasteiger partial charge < -0.3 is 14.8 Å². The summed E-state index contributed by atoms with van der Waals surface area (Å²) in [5.41, 5.74) is -0.0926. The van der Waals surface area contributed by atoms with Crippen molar-refractivity contribution in [2.24, 2.45) is 5.92 Å². The molecule has 0 saturated carbocycles. The Hall–Kier alpha value is -0.120. The molecule has 3 atom stereocenters. The zero-order valence-electron chi connectivity index (χ0n) is 14.0. The van der Waals surface area contributed by atoms with Gasteiger partial charge in [-0.1, -0.05) is 6.92 Å². The van der Waals surface area contributed by atoms with Crippen LogP contribution in [-0.2, 0) is 9.47 Å². The van der Waals surface area contributed by atoms with Crippen molar-refractivity contribution in [1.29, 1.82) is 0 Å². The lowest BCUT2D eigenvalue weighted by Crippen LogP contribution is -2.52. The van der Waals surface area contributed by atoms with Gasteiger partial charge in [-0.15, -0.1) is 0 Å². The van der Waals surface area contributed by atoms with E-state index < -0.39 is 0 Å². The van der Waals surface area contributed by atoms with Gasteiger partial charge in [0.25, 0.3) is 0 Å². The molecule has 2 aliphatic heterocycles. The maximum atomic E-state index is 6.30. The van der Waals surface area contributed by atoms with Crippen LogP contribution in [0.25, 0.3) is 0 Å². The van der Waals surface area contributed by atoms with E-state index in [1.54, 1.807) is 0 Å². The van der Waals surface area contributed by atoms with Crippen LogP contribution in [0.1, 0.15) is 66.7 Å². The van der Waals surface area contributed by atoms with Crippen molar-refractivity contribution in [3.63, 3.8) is 0 Å². The highest BCUT2D eigenvalue weighted by Gasteiger charge is 2.50. The van der Waals surface area contributed by atoms with Crippen molar-refractivity contribution in [3.05, 3.63) is 0 Å². The Morgan fingerprint density at radius 3 is 2.45 bits per heavy atom. The number of nitrogens with one attached hydrogen (secondary N) is 1. The van der Waals surface area contributed by atoms with Crippen LogP contribution in [0.5, 0.6) is 0 Å². The minimum atomic E-state index is -0.0737. The summed E-state index contributed by atoms with van der Waals surface area (Å²) in [7, 11) is 0. The lowest BCUT2D eigenvalue weighted by Gasteiger charge is -2.39. The number of hydrogen-bond donors (Lipinski definition) is 1. The highest BCUT2D eigenvalue weighted by Crippen LogP contribution is 2.45. The Balaban J connectivity index is 2.12. The lowest BCUT2D eigenvalue weighted by molar-refractivity contribution is -0.0901. The van der Waals surface area contributed by atoms with Crippen molar-refractivity contribution in [2.75, 3.05) is 13.2 Å². The van der Waals surface area contributed by atoms with Crippen molar-refractivity contribution in [2.45, 2.75) is 90.1 Å². The summed E-state index contributed by atoms with van der Waals surface area (Å²) in [6, 6.07) is 0.423. The average molecular weight is 283 g/mol. The predicted molar refractivity (Wildman–Crippen MR) is 83.0 cm³/mol. The summed E-state index contributed by atoms with van der Waals surface area (Å²) in [4.78, 5) is 0. The fourth-order valence-electron chi connectivity index (χ4n) is 4.06. The van der Waals surface area contributed by atoms with Gasteiger partial charge >= 0.3 is 0 Å². The molecule has 2 rings (SSSR count). The van der Waals surface area contributed by atoms with Crippen LogP contribution in [-0.4, -0.2) is 36.5 Å². The van der Waals surface area contributed by atoms with Crippen LogP contribution in [0.4, 0.5) is 0 Å². The maximum Gasteiger partial charge on any atom is 0.0731 e. The smallest absolute Gasteiger partial charge is 0.0731 e. The van der Waals surface area contributed by atoms with E-state index in [0.29, 0.717) is 18.1 Å². The molecule has 0 amide bonds. The monoisotopic (exact) mass is 283 g/mol. The second kappa shape index (κ2) is 6.33. The minimum Gasteiger partial charge on any atom is -0.377 e. The summed E-state index contributed by atoms with van der Waals surface area (Å²) >= 11 is 0. The van der Waals surface area contributed by atoms with Gasteiger partial charge in [0.1, 0.15) is 0 Å². The molecule has 3 nitrogen and oxygen atoms in total. The SMILES string of the molecule is CCCNC(C1CCCCO1)C1CC(C)(C)OC1(C)C. The van der Waals surface area contributed by atoms with Gasteiger partial charge in [0, 0.05) is 18.6 Å². The number of hydrogen-bond acceptors (Lipinski definition) is 3. The molecule has 0 radical (unpaired) electrons. The number of rotatable bonds is 5. The summed E-state index contributed by atoms with van der Waals surface area (Å²) < 4.78 is 12.4. The molecule has 3 unspecified atom stereocenters. The molecule has 0 aromatic rings. The zero-order valence-corrected chi connectivity index (χ0v) is 14.0. The fourth-order valence-corrected chi connectivity index (χ4v) is 4.06. The molecular formula is C17H33NO2. The molecule has 20 heavy (non-hydrogen) atoms. The summed E-state index contributed by atoms with van der Waals surface area (Å²) in [6.07, 6.45) is 6.34. The Morgan fingerprint density at radius 1 is 1.20 bits per heavy atom. The largest absolute Gasteiger partial charge is 0.377 e. The van der Waals surface area contributed by atoms with E-state index in [0.717, 1.165) is 19.6 Å². The van der Waals surface area contributed by atoms with Gasteiger partial charge in [-0.25, -0.2) is 0 Å². The molecule has 0 aromatic heterocycles. The van der Waals surface area contributed by atoms with Crippen LogP contribution in [0, 0.1) is 5.92 Å². The molecule has 0 aliphatic carbocycles. The first kappa shape index (κ1) is 16.3. The van der Waals surface area contributed by atoms with Gasteiger partial charge in [-0.05, 0) is 66.3 Å². The van der Waals surface area contributed by atoms with E-state index in [1.165, 1.54) is 25.7 Å². The molecule has 0 bridgehead atoms. The van der Waals surface area contributed by atoms with Crippen LogP contribution in [0.2, 0.25) is 0 Å². The molecule has 2 fully saturated rings. The van der Waals surface area contributed by atoms with Crippen LogP contribution >= 0.6 is 0 Å². The topological polar surface area (TPSA) is 30.5 Å². The molecule has 3 heteroatoms.